The molecule has 1 aliphatic rings. The minimum absolute atomic E-state index is 0.496. The minimum atomic E-state index is 0.496. The fourth-order valence-corrected chi connectivity index (χ4v) is 1.52. The fourth-order valence-electron chi connectivity index (χ4n) is 1.52. The third-order valence-corrected chi connectivity index (χ3v) is 2.31. The molecule has 0 spiro atoms. The van der Waals surface area contributed by atoms with Crippen LogP contribution in [0.2, 0.25) is 0 Å². The Hall–Kier alpha value is -0.980. The van der Waals surface area contributed by atoms with Gasteiger partial charge in [-0.15, -0.1) is 0 Å². The van der Waals surface area contributed by atoms with Gasteiger partial charge in [0.1, 0.15) is 5.76 Å². The summed E-state index contributed by atoms with van der Waals surface area (Å²) in [5, 5.41) is 0. The molecule has 1 nitrogen and oxygen atoms in total. The van der Waals surface area contributed by atoms with Crippen LogP contribution in [0.4, 0.5) is 0 Å². The standard InChI is InChI=1S/C11H16O/c1-5-9-10(8(3)4)7-12-11(9)6-2/h5-6,8,10H,1-2,7H2,3-4H3. The molecule has 0 aliphatic carbocycles. The van der Waals surface area contributed by atoms with Crippen molar-refractivity contribution in [2.45, 2.75) is 13.8 Å². The van der Waals surface area contributed by atoms with E-state index in [9.17, 15) is 0 Å². The second-order valence-electron chi connectivity index (χ2n) is 3.39. The molecule has 0 radical (unpaired) electrons. The summed E-state index contributed by atoms with van der Waals surface area (Å²) in [6.45, 7) is 12.7. The summed E-state index contributed by atoms with van der Waals surface area (Å²) in [6, 6.07) is 0. The Balaban J connectivity index is 2.90. The van der Waals surface area contributed by atoms with Gasteiger partial charge in [-0.3, -0.25) is 0 Å². The van der Waals surface area contributed by atoms with Crippen molar-refractivity contribution in [3.05, 3.63) is 36.6 Å². The summed E-state index contributed by atoms with van der Waals surface area (Å²) in [4.78, 5) is 0. The van der Waals surface area contributed by atoms with Crippen molar-refractivity contribution < 1.29 is 4.74 Å². The maximum Gasteiger partial charge on any atom is 0.122 e. The highest BCUT2D eigenvalue weighted by Gasteiger charge is 2.25. The van der Waals surface area contributed by atoms with Gasteiger partial charge in [-0.05, 0) is 12.0 Å². The van der Waals surface area contributed by atoms with Crippen LogP contribution in [0.25, 0.3) is 0 Å². The molecular weight excluding hydrogens is 148 g/mol. The Morgan fingerprint density at radius 2 is 2.08 bits per heavy atom. The highest BCUT2D eigenvalue weighted by Crippen LogP contribution is 2.31. The lowest BCUT2D eigenvalue weighted by Gasteiger charge is -2.13. The number of hydrogen-bond donors (Lipinski definition) is 0. The van der Waals surface area contributed by atoms with Crippen molar-refractivity contribution in [3.63, 3.8) is 0 Å². The van der Waals surface area contributed by atoms with E-state index < -0.39 is 0 Å². The molecule has 0 aromatic heterocycles. The Bertz CT molecular complexity index is 223. The van der Waals surface area contributed by atoms with Crippen LogP contribution in [-0.4, -0.2) is 6.61 Å². The van der Waals surface area contributed by atoms with Crippen LogP contribution in [0.1, 0.15) is 13.8 Å². The van der Waals surface area contributed by atoms with Crippen LogP contribution in [-0.2, 0) is 4.74 Å². The van der Waals surface area contributed by atoms with E-state index in [0.717, 1.165) is 12.4 Å². The van der Waals surface area contributed by atoms with Gasteiger partial charge < -0.3 is 4.74 Å². The molecule has 0 saturated heterocycles. The van der Waals surface area contributed by atoms with Crippen LogP contribution >= 0.6 is 0 Å². The van der Waals surface area contributed by atoms with Crippen LogP contribution < -0.4 is 0 Å². The van der Waals surface area contributed by atoms with Crippen molar-refractivity contribution in [1.29, 1.82) is 0 Å². The number of hydrogen-bond acceptors (Lipinski definition) is 1. The largest absolute Gasteiger partial charge is 0.493 e. The van der Waals surface area contributed by atoms with Gasteiger partial charge in [0, 0.05) is 11.5 Å². The summed E-state index contributed by atoms with van der Waals surface area (Å²) in [7, 11) is 0. The van der Waals surface area contributed by atoms with Crippen molar-refractivity contribution in [3.8, 4) is 0 Å². The highest BCUT2D eigenvalue weighted by atomic mass is 16.5. The molecule has 12 heavy (non-hydrogen) atoms. The lowest BCUT2D eigenvalue weighted by Crippen LogP contribution is -2.10. The van der Waals surface area contributed by atoms with Crippen LogP contribution in [0, 0.1) is 11.8 Å². The molecule has 0 amide bonds. The van der Waals surface area contributed by atoms with Crippen LogP contribution in [0.15, 0.2) is 36.6 Å². The van der Waals surface area contributed by atoms with Crippen molar-refractivity contribution in [2.24, 2.45) is 11.8 Å². The SMILES string of the molecule is C=CC1=C(C=C)C(C(C)C)CO1. The molecule has 0 bridgehead atoms. The van der Waals surface area contributed by atoms with Crippen LogP contribution in [0.3, 0.4) is 0 Å². The smallest absolute Gasteiger partial charge is 0.122 e. The average molecular weight is 164 g/mol. The van der Waals surface area contributed by atoms with Gasteiger partial charge in [-0.1, -0.05) is 33.1 Å². The molecular formula is C11H16O. The molecule has 1 unspecified atom stereocenters. The molecule has 1 aliphatic heterocycles. The molecule has 0 aromatic carbocycles. The molecule has 1 heterocycles. The Kier molecular flexibility index (Phi) is 2.74. The summed E-state index contributed by atoms with van der Waals surface area (Å²) in [5.41, 5.74) is 1.21. The number of allylic oxidation sites excluding steroid dienone is 2. The van der Waals surface area contributed by atoms with E-state index in [0.29, 0.717) is 11.8 Å². The lowest BCUT2D eigenvalue weighted by molar-refractivity contribution is 0.209. The van der Waals surface area contributed by atoms with Crippen molar-refractivity contribution >= 4 is 0 Å². The first kappa shape index (κ1) is 9.11. The predicted molar refractivity (Wildman–Crippen MR) is 51.7 cm³/mol. The first-order valence-electron chi connectivity index (χ1n) is 4.32. The average Bonchev–Trinajstić information content (AvgIpc) is 2.46. The fraction of sp³-hybridized carbons (Fsp3) is 0.455. The Morgan fingerprint density at radius 3 is 2.50 bits per heavy atom. The summed E-state index contributed by atoms with van der Waals surface area (Å²) in [6.07, 6.45) is 3.65. The van der Waals surface area contributed by atoms with E-state index in [-0.39, 0.29) is 0 Å². The molecule has 1 atom stereocenters. The van der Waals surface area contributed by atoms with E-state index in [1.807, 2.05) is 6.08 Å². The van der Waals surface area contributed by atoms with Gasteiger partial charge in [0.05, 0.1) is 6.61 Å². The first-order chi connectivity index (χ1) is 5.70. The predicted octanol–water partition coefficient (Wildman–Crippen LogP) is 2.91. The third kappa shape index (κ3) is 1.45. The van der Waals surface area contributed by atoms with Gasteiger partial charge in [0.2, 0.25) is 0 Å². The molecule has 1 heteroatoms. The second kappa shape index (κ2) is 3.61. The zero-order valence-corrected chi connectivity index (χ0v) is 7.84. The maximum absolute atomic E-state index is 5.47. The molecule has 0 aromatic rings. The third-order valence-electron chi connectivity index (χ3n) is 2.31. The molecule has 0 N–H and O–H groups in total. The van der Waals surface area contributed by atoms with Gasteiger partial charge in [-0.2, -0.15) is 0 Å². The zero-order chi connectivity index (χ0) is 9.14. The topological polar surface area (TPSA) is 9.23 Å². The lowest BCUT2D eigenvalue weighted by atomic mass is 9.90. The summed E-state index contributed by atoms with van der Waals surface area (Å²) in [5.74, 6) is 2.01. The molecule has 66 valence electrons. The highest BCUT2D eigenvalue weighted by molar-refractivity contribution is 5.32. The van der Waals surface area contributed by atoms with Crippen molar-refractivity contribution in [1.82, 2.24) is 0 Å². The van der Waals surface area contributed by atoms with E-state index in [2.05, 4.69) is 27.0 Å². The van der Waals surface area contributed by atoms with Crippen LogP contribution in [0.5, 0.6) is 0 Å². The van der Waals surface area contributed by atoms with Gasteiger partial charge in [0.25, 0.3) is 0 Å². The quantitative estimate of drug-likeness (QED) is 0.623. The van der Waals surface area contributed by atoms with Crippen molar-refractivity contribution in [2.75, 3.05) is 6.61 Å². The minimum Gasteiger partial charge on any atom is -0.493 e. The Morgan fingerprint density at radius 1 is 1.42 bits per heavy atom. The first-order valence-corrected chi connectivity index (χ1v) is 4.32. The number of ether oxygens (including phenoxy) is 1. The molecule has 1 rings (SSSR count). The monoisotopic (exact) mass is 164 g/mol. The van der Waals surface area contributed by atoms with E-state index in [1.165, 1.54) is 5.57 Å². The molecule has 0 saturated carbocycles. The van der Waals surface area contributed by atoms with E-state index in [1.54, 1.807) is 6.08 Å². The van der Waals surface area contributed by atoms with E-state index in [4.69, 9.17) is 4.74 Å². The zero-order valence-electron chi connectivity index (χ0n) is 7.84. The summed E-state index contributed by atoms with van der Waals surface area (Å²) < 4.78 is 5.47. The Labute approximate surface area is 74.4 Å². The van der Waals surface area contributed by atoms with Gasteiger partial charge >= 0.3 is 0 Å². The normalized spacial score (nSPS) is 22.8. The molecule has 0 fully saturated rings. The second-order valence-corrected chi connectivity index (χ2v) is 3.39. The van der Waals surface area contributed by atoms with Gasteiger partial charge in [0.15, 0.2) is 0 Å². The van der Waals surface area contributed by atoms with Gasteiger partial charge in [-0.25, -0.2) is 0 Å². The maximum atomic E-state index is 5.47. The number of rotatable bonds is 3. The van der Waals surface area contributed by atoms with E-state index >= 15 is 0 Å². The summed E-state index contributed by atoms with van der Waals surface area (Å²) >= 11 is 0.